The second-order valence-corrected chi connectivity index (χ2v) is 5.61. The Bertz CT molecular complexity index is 966. The van der Waals surface area contributed by atoms with E-state index in [1.54, 1.807) is 0 Å². The monoisotopic (exact) mass is 288 g/mol. The third kappa shape index (κ3) is 2.00. The lowest BCUT2D eigenvalue weighted by molar-refractivity contribution is 0.219. The Morgan fingerprint density at radius 1 is 0.818 bits per heavy atom. The van der Waals surface area contributed by atoms with E-state index < -0.39 is 6.10 Å². The van der Waals surface area contributed by atoms with Gasteiger partial charge in [0.1, 0.15) is 17.3 Å². The number of furan rings is 1. The zero-order valence-electron chi connectivity index (χ0n) is 12.3. The fourth-order valence-corrected chi connectivity index (χ4v) is 2.99. The van der Waals surface area contributed by atoms with E-state index in [2.05, 4.69) is 6.07 Å². The Kier molecular flexibility index (Phi) is 2.98. The summed E-state index contributed by atoms with van der Waals surface area (Å²) in [4.78, 5) is 0. The maximum atomic E-state index is 10.7. The summed E-state index contributed by atoms with van der Waals surface area (Å²) in [5.41, 5.74) is 4.55. The van der Waals surface area contributed by atoms with Crippen LogP contribution in [0.25, 0.3) is 21.9 Å². The Morgan fingerprint density at radius 3 is 2.41 bits per heavy atom. The highest BCUT2D eigenvalue weighted by Gasteiger charge is 2.15. The first-order valence-electron chi connectivity index (χ1n) is 7.39. The van der Waals surface area contributed by atoms with E-state index in [-0.39, 0.29) is 0 Å². The van der Waals surface area contributed by atoms with Crippen LogP contribution in [0.1, 0.15) is 22.8 Å². The first-order valence-corrected chi connectivity index (χ1v) is 7.39. The van der Waals surface area contributed by atoms with Gasteiger partial charge in [0.2, 0.25) is 0 Å². The molecule has 108 valence electrons. The Labute approximate surface area is 128 Å². The van der Waals surface area contributed by atoms with E-state index in [1.165, 1.54) is 0 Å². The highest BCUT2D eigenvalue weighted by atomic mass is 16.3. The number of aliphatic hydroxyl groups is 1. The van der Waals surface area contributed by atoms with Crippen LogP contribution in [0.4, 0.5) is 0 Å². The van der Waals surface area contributed by atoms with Gasteiger partial charge in [-0.25, -0.2) is 0 Å². The number of aliphatic hydroxyl groups excluding tert-OH is 1. The second kappa shape index (κ2) is 5.00. The Hall–Kier alpha value is -2.58. The number of hydrogen-bond donors (Lipinski definition) is 1. The summed E-state index contributed by atoms with van der Waals surface area (Å²) in [6, 6.07) is 21.8. The fourth-order valence-electron chi connectivity index (χ4n) is 2.99. The van der Waals surface area contributed by atoms with Gasteiger partial charge in [-0.05, 0) is 35.7 Å². The van der Waals surface area contributed by atoms with Crippen molar-refractivity contribution >= 4 is 21.9 Å². The lowest BCUT2D eigenvalue weighted by Gasteiger charge is -2.13. The number of aryl methyl sites for hydroxylation is 1. The van der Waals surface area contributed by atoms with Crippen LogP contribution in [0.5, 0.6) is 0 Å². The van der Waals surface area contributed by atoms with E-state index >= 15 is 0 Å². The maximum Gasteiger partial charge on any atom is 0.135 e. The highest BCUT2D eigenvalue weighted by molar-refractivity contribution is 6.04. The van der Waals surface area contributed by atoms with E-state index in [9.17, 15) is 5.11 Å². The van der Waals surface area contributed by atoms with Crippen LogP contribution in [0, 0.1) is 6.92 Å². The molecule has 0 fully saturated rings. The average Bonchev–Trinajstić information content (AvgIpc) is 2.92. The summed E-state index contributed by atoms with van der Waals surface area (Å²) in [7, 11) is 0. The number of fused-ring (bicyclic) bond motifs is 3. The molecule has 0 radical (unpaired) electrons. The molecular formula is C20H16O2. The minimum absolute atomic E-state index is 0.640. The SMILES string of the molecule is Cc1ccccc1[C@@H](O)c1ccc2c(c1)oc1ccccc12. The molecule has 0 unspecified atom stereocenters. The van der Waals surface area contributed by atoms with Gasteiger partial charge in [-0.15, -0.1) is 0 Å². The Morgan fingerprint density at radius 2 is 1.55 bits per heavy atom. The molecule has 1 heterocycles. The number of benzene rings is 3. The number of para-hydroxylation sites is 1. The lowest BCUT2D eigenvalue weighted by Crippen LogP contribution is -2.01. The number of hydrogen-bond acceptors (Lipinski definition) is 2. The second-order valence-electron chi connectivity index (χ2n) is 5.61. The zero-order valence-corrected chi connectivity index (χ0v) is 12.3. The third-order valence-corrected chi connectivity index (χ3v) is 4.20. The van der Waals surface area contributed by atoms with Crippen molar-refractivity contribution in [2.75, 3.05) is 0 Å². The van der Waals surface area contributed by atoms with Gasteiger partial charge in [-0.1, -0.05) is 54.6 Å². The van der Waals surface area contributed by atoms with E-state index in [0.29, 0.717) is 0 Å². The molecule has 0 aliphatic rings. The van der Waals surface area contributed by atoms with Crippen LogP contribution in [-0.2, 0) is 0 Å². The first kappa shape index (κ1) is 13.1. The third-order valence-electron chi connectivity index (χ3n) is 4.20. The van der Waals surface area contributed by atoms with Crippen molar-refractivity contribution in [3.63, 3.8) is 0 Å². The molecule has 4 rings (SSSR count). The molecule has 1 aromatic heterocycles. The lowest BCUT2D eigenvalue weighted by atomic mass is 9.97. The molecule has 3 aromatic carbocycles. The van der Waals surface area contributed by atoms with Gasteiger partial charge in [-0.2, -0.15) is 0 Å². The fraction of sp³-hybridized carbons (Fsp3) is 0.100. The zero-order chi connectivity index (χ0) is 15.1. The van der Waals surface area contributed by atoms with Crippen molar-refractivity contribution in [1.82, 2.24) is 0 Å². The van der Waals surface area contributed by atoms with Crippen molar-refractivity contribution in [2.45, 2.75) is 13.0 Å². The highest BCUT2D eigenvalue weighted by Crippen LogP contribution is 2.32. The van der Waals surface area contributed by atoms with E-state index in [4.69, 9.17) is 4.42 Å². The van der Waals surface area contributed by atoms with Gasteiger partial charge in [-0.3, -0.25) is 0 Å². The predicted molar refractivity (Wildman–Crippen MR) is 89.0 cm³/mol. The van der Waals surface area contributed by atoms with Crippen LogP contribution >= 0.6 is 0 Å². The standard InChI is InChI=1S/C20H16O2/c1-13-6-2-3-7-15(13)20(21)14-10-11-17-16-8-4-5-9-18(16)22-19(17)12-14/h2-12,20-21H,1H3/t20-/m0/s1. The molecule has 1 atom stereocenters. The van der Waals surface area contributed by atoms with Crippen LogP contribution in [0.2, 0.25) is 0 Å². The molecule has 0 aliphatic heterocycles. The summed E-state index contributed by atoms with van der Waals surface area (Å²) in [5, 5.41) is 12.9. The normalized spacial score (nSPS) is 12.8. The maximum absolute atomic E-state index is 10.7. The van der Waals surface area contributed by atoms with E-state index in [1.807, 2.05) is 67.6 Å². The molecule has 0 bridgehead atoms. The molecule has 0 saturated carbocycles. The molecular weight excluding hydrogens is 272 g/mol. The first-order chi connectivity index (χ1) is 10.7. The Balaban J connectivity index is 1.86. The summed E-state index contributed by atoms with van der Waals surface area (Å²) in [6.07, 6.45) is -0.640. The molecule has 2 heteroatoms. The van der Waals surface area contributed by atoms with Crippen LogP contribution in [0.3, 0.4) is 0 Å². The molecule has 0 aliphatic carbocycles. The smallest absolute Gasteiger partial charge is 0.135 e. The topological polar surface area (TPSA) is 33.4 Å². The average molecular weight is 288 g/mol. The summed E-state index contributed by atoms with van der Waals surface area (Å²) in [5.74, 6) is 0. The predicted octanol–water partition coefficient (Wildman–Crippen LogP) is 4.98. The minimum Gasteiger partial charge on any atom is -0.456 e. The minimum atomic E-state index is -0.640. The quantitative estimate of drug-likeness (QED) is 0.564. The van der Waals surface area contributed by atoms with Crippen molar-refractivity contribution in [1.29, 1.82) is 0 Å². The largest absolute Gasteiger partial charge is 0.456 e. The van der Waals surface area contributed by atoms with Gasteiger partial charge in [0.25, 0.3) is 0 Å². The van der Waals surface area contributed by atoms with Crippen LogP contribution < -0.4 is 0 Å². The summed E-state index contributed by atoms with van der Waals surface area (Å²) in [6.45, 7) is 2.01. The van der Waals surface area contributed by atoms with Crippen molar-refractivity contribution in [3.05, 3.63) is 83.4 Å². The number of rotatable bonds is 2. The van der Waals surface area contributed by atoms with E-state index in [0.717, 1.165) is 38.6 Å². The van der Waals surface area contributed by atoms with Crippen LogP contribution in [0.15, 0.2) is 71.1 Å². The van der Waals surface area contributed by atoms with Crippen molar-refractivity contribution in [2.24, 2.45) is 0 Å². The molecule has 0 saturated heterocycles. The van der Waals surface area contributed by atoms with Gasteiger partial charge in [0, 0.05) is 10.8 Å². The summed E-state index contributed by atoms with van der Waals surface area (Å²) >= 11 is 0. The molecule has 0 amide bonds. The molecule has 22 heavy (non-hydrogen) atoms. The van der Waals surface area contributed by atoms with Crippen molar-refractivity contribution < 1.29 is 9.52 Å². The molecule has 2 nitrogen and oxygen atoms in total. The summed E-state index contributed by atoms with van der Waals surface area (Å²) < 4.78 is 5.90. The van der Waals surface area contributed by atoms with Crippen LogP contribution in [-0.4, -0.2) is 5.11 Å². The van der Waals surface area contributed by atoms with Gasteiger partial charge < -0.3 is 9.52 Å². The van der Waals surface area contributed by atoms with Crippen molar-refractivity contribution in [3.8, 4) is 0 Å². The molecule has 1 N–H and O–H groups in total. The van der Waals surface area contributed by atoms with Gasteiger partial charge >= 0.3 is 0 Å². The molecule has 4 aromatic rings. The van der Waals surface area contributed by atoms with Gasteiger partial charge in [0.15, 0.2) is 0 Å². The van der Waals surface area contributed by atoms with Gasteiger partial charge in [0.05, 0.1) is 0 Å². The molecule has 0 spiro atoms.